The molecule has 15 heavy (non-hydrogen) atoms. The lowest BCUT2D eigenvalue weighted by molar-refractivity contribution is 0.651. The normalized spacial score (nSPS) is 15.5. The van der Waals surface area contributed by atoms with Gasteiger partial charge >= 0.3 is 0 Å². The molecule has 1 nitrogen and oxygen atoms in total. The minimum absolute atomic E-state index is 0.476. The van der Waals surface area contributed by atoms with Gasteiger partial charge in [0.15, 0.2) is 0 Å². The number of aryl methyl sites for hydroxylation is 1. The molecule has 1 aliphatic rings. The van der Waals surface area contributed by atoms with Gasteiger partial charge in [0.25, 0.3) is 0 Å². The van der Waals surface area contributed by atoms with Gasteiger partial charge in [-0.25, -0.2) is 4.98 Å². The Labute approximate surface area is 104 Å². The fourth-order valence-corrected chi connectivity index (χ4v) is 3.12. The molecule has 0 atom stereocenters. The van der Waals surface area contributed by atoms with E-state index in [4.69, 9.17) is 11.6 Å². The molecule has 82 valence electrons. The van der Waals surface area contributed by atoms with Crippen LogP contribution < -0.4 is 0 Å². The smallest absolute Gasteiger partial charge is 0.125 e. The first-order chi connectivity index (χ1) is 7.11. The molecule has 3 heteroatoms. The highest BCUT2D eigenvalue weighted by atomic mass is 79.9. The number of aromatic nitrogens is 1. The van der Waals surface area contributed by atoms with Crippen LogP contribution in [0, 0.1) is 0 Å². The van der Waals surface area contributed by atoms with Gasteiger partial charge in [0, 0.05) is 5.69 Å². The van der Waals surface area contributed by atoms with Crippen molar-refractivity contribution >= 4 is 27.5 Å². The van der Waals surface area contributed by atoms with Crippen LogP contribution >= 0.6 is 27.5 Å². The van der Waals surface area contributed by atoms with Crippen molar-refractivity contribution in [1.29, 1.82) is 0 Å². The van der Waals surface area contributed by atoms with Crippen LogP contribution in [0.25, 0.3) is 0 Å². The Morgan fingerprint density at radius 1 is 1.27 bits per heavy atom. The quantitative estimate of drug-likeness (QED) is 0.693. The molecule has 0 unspecified atom stereocenters. The van der Waals surface area contributed by atoms with Gasteiger partial charge in [-0.2, -0.15) is 0 Å². The summed E-state index contributed by atoms with van der Waals surface area (Å²) in [6, 6.07) is 0. The average Bonchev–Trinajstić information content (AvgIpc) is 2.19. The summed E-state index contributed by atoms with van der Waals surface area (Å²) >= 11 is 9.77. The topological polar surface area (TPSA) is 12.9 Å². The van der Waals surface area contributed by atoms with Gasteiger partial charge in [0.1, 0.15) is 4.60 Å². The highest BCUT2D eigenvalue weighted by Crippen LogP contribution is 2.37. The average molecular weight is 289 g/mol. The molecule has 1 aromatic heterocycles. The van der Waals surface area contributed by atoms with E-state index in [0.29, 0.717) is 5.92 Å². The summed E-state index contributed by atoms with van der Waals surface area (Å²) in [5.41, 5.74) is 3.96. The summed E-state index contributed by atoms with van der Waals surface area (Å²) in [5, 5.41) is 0.811. The van der Waals surface area contributed by atoms with Crippen LogP contribution in [0.3, 0.4) is 0 Å². The molecule has 0 aromatic carbocycles. The molecule has 1 aliphatic carbocycles. The van der Waals surface area contributed by atoms with Gasteiger partial charge in [0.05, 0.1) is 5.02 Å². The Morgan fingerprint density at radius 3 is 2.60 bits per heavy atom. The highest BCUT2D eigenvalue weighted by molar-refractivity contribution is 9.10. The van der Waals surface area contributed by atoms with Crippen molar-refractivity contribution in [3.8, 4) is 0 Å². The van der Waals surface area contributed by atoms with Crippen LogP contribution in [0.1, 0.15) is 49.4 Å². The third kappa shape index (κ3) is 2.07. The third-order valence-electron chi connectivity index (χ3n) is 2.99. The zero-order chi connectivity index (χ0) is 11.0. The Kier molecular flexibility index (Phi) is 3.36. The molecule has 0 fully saturated rings. The summed E-state index contributed by atoms with van der Waals surface area (Å²) < 4.78 is 0.813. The standard InChI is InChI=1S/C12H15BrClN/c1-7(2)10-8-5-3-4-6-9(8)15-12(13)11(10)14/h7H,3-6H2,1-2H3. The van der Waals surface area contributed by atoms with E-state index < -0.39 is 0 Å². The van der Waals surface area contributed by atoms with E-state index in [9.17, 15) is 0 Å². The Balaban J connectivity index is 2.63. The number of fused-ring (bicyclic) bond motifs is 1. The van der Waals surface area contributed by atoms with Gasteiger partial charge in [-0.15, -0.1) is 0 Å². The van der Waals surface area contributed by atoms with Crippen LogP contribution in [-0.4, -0.2) is 4.98 Å². The van der Waals surface area contributed by atoms with Crippen LogP contribution in [-0.2, 0) is 12.8 Å². The van der Waals surface area contributed by atoms with Gasteiger partial charge in [-0.1, -0.05) is 25.4 Å². The van der Waals surface area contributed by atoms with E-state index in [-0.39, 0.29) is 0 Å². The summed E-state index contributed by atoms with van der Waals surface area (Å²) in [5.74, 6) is 0.476. The number of nitrogens with zero attached hydrogens (tertiary/aromatic N) is 1. The van der Waals surface area contributed by atoms with E-state index in [0.717, 1.165) is 22.5 Å². The number of halogens is 2. The summed E-state index contributed by atoms with van der Waals surface area (Å²) in [4.78, 5) is 4.54. The predicted molar refractivity (Wildman–Crippen MR) is 67.7 cm³/mol. The maximum atomic E-state index is 6.32. The van der Waals surface area contributed by atoms with Gasteiger partial charge in [-0.05, 0) is 58.7 Å². The maximum Gasteiger partial charge on any atom is 0.125 e. The largest absolute Gasteiger partial charge is 0.244 e. The Hall–Kier alpha value is -0.0800. The fourth-order valence-electron chi connectivity index (χ4n) is 2.32. The predicted octanol–water partition coefficient (Wildman–Crippen LogP) is 4.50. The van der Waals surface area contributed by atoms with E-state index >= 15 is 0 Å². The zero-order valence-electron chi connectivity index (χ0n) is 9.11. The molecule has 0 N–H and O–H groups in total. The molecule has 1 aromatic rings. The van der Waals surface area contributed by atoms with Crippen molar-refractivity contribution in [1.82, 2.24) is 4.98 Å². The summed E-state index contributed by atoms with van der Waals surface area (Å²) in [6.07, 6.45) is 4.77. The van der Waals surface area contributed by atoms with E-state index in [2.05, 4.69) is 34.8 Å². The molecule has 0 saturated heterocycles. The number of hydrogen-bond acceptors (Lipinski definition) is 1. The van der Waals surface area contributed by atoms with E-state index in [1.54, 1.807) is 0 Å². The maximum absolute atomic E-state index is 6.32. The molecule has 0 amide bonds. The van der Waals surface area contributed by atoms with Crippen LogP contribution in [0.15, 0.2) is 4.60 Å². The molecule has 0 saturated carbocycles. The highest BCUT2D eigenvalue weighted by Gasteiger charge is 2.21. The minimum Gasteiger partial charge on any atom is -0.244 e. The number of rotatable bonds is 1. The zero-order valence-corrected chi connectivity index (χ0v) is 11.5. The summed E-state index contributed by atoms with van der Waals surface area (Å²) in [7, 11) is 0. The third-order valence-corrected chi connectivity index (χ3v) is 4.18. The molecule has 0 spiro atoms. The van der Waals surface area contributed by atoms with Crippen LogP contribution in [0.4, 0.5) is 0 Å². The van der Waals surface area contributed by atoms with Crippen molar-refractivity contribution in [3.63, 3.8) is 0 Å². The summed E-state index contributed by atoms with van der Waals surface area (Å²) in [6.45, 7) is 4.39. The van der Waals surface area contributed by atoms with Crippen LogP contribution in [0.5, 0.6) is 0 Å². The van der Waals surface area contributed by atoms with E-state index in [1.807, 2.05) is 0 Å². The van der Waals surface area contributed by atoms with Gasteiger partial charge < -0.3 is 0 Å². The first-order valence-corrected chi connectivity index (χ1v) is 6.65. The molecule has 1 heterocycles. The van der Waals surface area contributed by atoms with E-state index in [1.165, 1.54) is 29.7 Å². The molecular weight excluding hydrogens is 273 g/mol. The lowest BCUT2D eigenvalue weighted by Crippen LogP contribution is -2.11. The second-order valence-electron chi connectivity index (χ2n) is 4.42. The number of pyridine rings is 1. The fraction of sp³-hybridized carbons (Fsp3) is 0.583. The van der Waals surface area contributed by atoms with Crippen molar-refractivity contribution in [2.24, 2.45) is 0 Å². The lowest BCUT2D eigenvalue weighted by Gasteiger charge is -2.22. The molecule has 0 aliphatic heterocycles. The lowest BCUT2D eigenvalue weighted by atomic mass is 9.88. The van der Waals surface area contributed by atoms with Crippen molar-refractivity contribution in [2.75, 3.05) is 0 Å². The van der Waals surface area contributed by atoms with Crippen molar-refractivity contribution < 1.29 is 0 Å². The molecular formula is C12H15BrClN. The monoisotopic (exact) mass is 287 g/mol. The molecule has 0 radical (unpaired) electrons. The number of hydrogen-bond donors (Lipinski definition) is 0. The second-order valence-corrected chi connectivity index (χ2v) is 5.55. The Morgan fingerprint density at radius 2 is 1.93 bits per heavy atom. The molecule has 0 bridgehead atoms. The van der Waals surface area contributed by atoms with Crippen molar-refractivity contribution in [3.05, 3.63) is 26.4 Å². The van der Waals surface area contributed by atoms with Crippen molar-refractivity contribution in [2.45, 2.75) is 45.4 Å². The second kappa shape index (κ2) is 4.42. The molecule has 2 rings (SSSR count). The minimum atomic E-state index is 0.476. The van der Waals surface area contributed by atoms with Gasteiger partial charge in [0.2, 0.25) is 0 Å². The SMILES string of the molecule is CC(C)c1c(Cl)c(Br)nc2c1CCCC2. The first-order valence-electron chi connectivity index (χ1n) is 5.48. The first kappa shape index (κ1) is 11.4. The van der Waals surface area contributed by atoms with Crippen LogP contribution in [0.2, 0.25) is 5.02 Å². The Bertz CT molecular complexity index is 388. The van der Waals surface area contributed by atoms with Gasteiger partial charge in [-0.3, -0.25) is 0 Å².